The van der Waals surface area contributed by atoms with E-state index in [1.807, 2.05) is 21.1 Å². The Balaban J connectivity index is 0.00000288. The lowest BCUT2D eigenvalue weighted by Gasteiger charge is -2.30. The maximum absolute atomic E-state index is 5.39. The Morgan fingerprint density at radius 1 is 1.46 bits per heavy atom. The number of hydrogen-bond acceptors (Lipinski definition) is 5. The van der Waals surface area contributed by atoms with E-state index in [0.717, 1.165) is 51.2 Å². The summed E-state index contributed by atoms with van der Waals surface area (Å²) in [5.41, 5.74) is 0. The minimum atomic E-state index is 0. The van der Waals surface area contributed by atoms with E-state index in [4.69, 9.17) is 4.74 Å². The second-order valence-electron chi connectivity index (χ2n) is 6.10. The Morgan fingerprint density at radius 3 is 2.75 bits per heavy atom. The molecule has 8 nitrogen and oxygen atoms in total. The zero-order chi connectivity index (χ0) is 16.7. The van der Waals surface area contributed by atoms with Gasteiger partial charge < -0.3 is 15.0 Å². The van der Waals surface area contributed by atoms with Crippen molar-refractivity contribution in [3.63, 3.8) is 0 Å². The summed E-state index contributed by atoms with van der Waals surface area (Å²) in [5, 5.41) is 7.55. The smallest absolute Gasteiger partial charge is 0.193 e. The molecule has 1 N–H and O–H groups in total. The van der Waals surface area contributed by atoms with Crippen LogP contribution >= 0.6 is 24.0 Å². The van der Waals surface area contributed by atoms with Crippen LogP contribution in [0.5, 0.6) is 0 Å². The molecule has 9 heteroatoms. The third-order valence-electron chi connectivity index (χ3n) is 4.04. The van der Waals surface area contributed by atoms with Gasteiger partial charge in [0.05, 0.1) is 19.8 Å². The largest absolute Gasteiger partial charge is 0.379 e. The summed E-state index contributed by atoms with van der Waals surface area (Å²) in [6.45, 7) is 8.68. The van der Waals surface area contributed by atoms with E-state index >= 15 is 0 Å². The fraction of sp³-hybridized carbons (Fsp3) is 0.800. The number of guanidine groups is 1. The summed E-state index contributed by atoms with van der Waals surface area (Å²) in [5.74, 6) is 2.34. The number of aliphatic imine (C=N–C) groups is 1. The van der Waals surface area contributed by atoms with E-state index < -0.39 is 0 Å². The molecule has 0 saturated carbocycles. The number of rotatable bonds is 6. The maximum atomic E-state index is 5.39. The lowest BCUT2D eigenvalue weighted by molar-refractivity contribution is 0.0320. The second kappa shape index (κ2) is 10.8. The Morgan fingerprint density at radius 2 is 2.17 bits per heavy atom. The minimum absolute atomic E-state index is 0. The van der Waals surface area contributed by atoms with Gasteiger partial charge in [-0.3, -0.25) is 14.6 Å². The van der Waals surface area contributed by atoms with Crippen molar-refractivity contribution in [2.75, 3.05) is 53.5 Å². The molecule has 0 spiro atoms. The highest BCUT2D eigenvalue weighted by Crippen LogP contribution is 2.03. The molecule has 1 fully saturated rings. The molecular weight excluding hydrogens is 421 g/mol. The minimum Gasteiger partial charge on any atom is -0.379 e. The van der Waals surface area contributed by atoms with Crippen molar-refractivity contribution in [1.82, 2.24) is 29.9 Å². The number of hydrogen-bond donors (Lipinski definition) is 1. The quantitative estimate of drug-likeness (QED) is 0.384. The van der Waals surface area contributed by atoms with Gasteiger partial charge in [0.2, 0.25) is 0 Å². The number of halogens is 1. The van der Waals surface area contributed by atoms with Crippen molar-refractivity contribution in [3.05, 3.63) is 12.2 Å². The van der Waals surface area contributed by atoms with Crippen LogP contribution in [0, 0.1) is 5.92 Å². The zero-order valence-electron chi connectivity index (χ0n) is 15.1. The van der Waals surface area contributed by atoms with Crippen molar-refractivity contribution in [3.8, 4) is 0 Å². The first-order valence-corrected chi connectivity index (χ1v) is 8.15. The summed E-state index contributed by atoms with van der Waals surface area (Å²) in [4.78, 5) is 13.1. The first-order chi connectivity index (χ1) is 11.1. The summed E-state index contributed by atoms with van der Waals surface area (Å²) in [6, 6.07) is 0. The number of ether oxygens (including phenoxy) is 1. The van der Waals surface area contributed by atoms with Crippen LogP contribution in [0.15, 0.2) is 11.3 Å². The maximum Gasteiger partial charge on any atom is 0.193 e. The molecule has 0 aromatic carbocycles. The van der Waals surface area contributed by atoms with Gasteiger partial charge in [0.25, 0.3) is 0 Å². The molecule has 0 aliphatic carbocycles. The predicted octanol–water partition coefficient (Wildman–Crippen LogP) is 0.409. The molecule has 1 aromatic rings. The van der Waals surface area contributed by atoms with Crippen LogP contribution in [0.4, 0.5) is 0 Å². The number of aryl methyl sites for hydroxylation is 1. The van der Waals surface area contributed by atoms with Crippen LogP contribution < -0.4 is 5.32 Å². The molecule has 24 heavy (non-hydrogen) atoms. The van der Waals surface area contributed by atoms with E-state index in [1.54, 1.807) is 11.0 Å². The van der Waals surface area contributed by atoms with Crippen molar-refractivity contribution < 1.29 is 4.74 Å². The molecule has 1 saturated heterocycles. The lowest BCUT2D eigenvalue weighted by atomic mass is 10.1. The first kappa shape index (κ1) is 21.1. The topological polar surface area (TPSA) is 70.8 Å². The predicted molar refractivity (Wildman–Crippen MR) is 106 cm³/mol. The fourth-order valence-corrected chi connectivity index (χ4v) is 2.69. The standard InChI is InChI=1S/C15H29N7O.HI/c1-13(10-22-5-7-23-8-6-22)9-17-15(16-2)20(3)11-14-18-12-19-21(14)4;/h12-13H,5-11H2,1-4H3,(H,16,17);1H. The summed E-state index contributed by atoms with van der Waals surface area (Å²) in [7, 11) is 5.72. The molecule has 0 amide bonds. The van der Waals surface area contributed by atoms with Gasteiger partial charge in [0, 0.05) is 47.3 Å². The van der Waals surface area contributed by atoms with Gasteiger partial charge >= 0.3 is 0 Å². The zero-order valence-corrected chi connectivity index (χ0v) is 17.4. The molecular formula is C15H30IN7O. The number of morpholine rings is 1. The molecule has 1 aromatic heterocycles. The molecule has 0 radical (unpaired) electrons. The van der Waals surface area contributed by atoms with Crippen LogP contribution in [-0.4, -0.2) is 84.0 Å². The molecule has 2 heterocycles. The van der Waals surface area contributed by atoms with Crippen LogP contribution in [0.3, 0.4) is 0 Å². The van der Waals surface area contributed by atoms with Crippen LogP contribution in [0.2, 0.25) is 0 Å². The van der Waals surface area contributed by atoms with Gasteiger partial charge in [0.15, 0.2) is 5.96 Å². The van der Waals surface area contributed by atoms with Crippen LogP contribution in [0.25, 0.3) is 0 Å². The summed E-state index contributed by atoms with van der Waals surface area (Å²) < 4.78 is 7.17. The van der Waals surface area contributed by atoms with Gasteiger partial charge in [-0.15, -0.1) is 24.0 Å². The monoisotopic (exact) mass is 451 g/mol. The van der Waals surface area contributed by atoms with Crippen LogP contribution in [0.1, 0.15) is 12.7 Å². The van der Waals surface area contributed by atoms with Crippen LogP contribution in [-0.2, 0) is 18.3 Å². The lowest BCUT2D eigenvalue weighted by Crippen LogP contribution is -2.44. The van der Waals surface area contributed by atoms with E-state index in [1.165, 1.54) is 0 Å². The fourth-order valence-electron chi connectivity index (χ4n) is 2.69. The van der Waals surface area contributed by atoms with E-state index in [2.05, 4.69) is 37.1 Å². The molecule has 1 unspecified atom stereocenters. The van der Waals surface area contributed by atoms with Crippen molar-refractivity contribution in [1.29, 1.82) is 0 Å². The highest BCUT2D eigenvalue weighted by molar-refractivity contribution is 14.0. The molecule has 138 valence electrons. The number of nitrogens with zero attached hydrogens (tertiary/aromatic N) is 6. The average Bonchev–Trinajstić information content (AvgIpc) is 2.94. The summed E-state index contributed by atoms with van der Waals surface area (Å²) >= 11 is 0. The van der Waals surface area contributed by atoms with E-state index in [9.17, 15) is 0 Å². The number of nitrogens with one attached hydrogen (secondary N) is 1. The van der Waals surface area contributed by atoms with Gasteiger partial charge in [-0.1, -0.05) is 6.92 Å². The second-order valence-corrected chi connectivity index (χ2v) is 6.10. The van der Waals surface area contributed by atoms with Gasteiger partial charge in [-0.25, -0.2) is 4.98 Å². The van der Waals surface area contributed by atoms with Crippen molar-refractivity contribution >= 4 is 29.9 Å². The first-order valence-electron chi connectivity index (χ1n) is 8.15. The Labute approximate surface area is 161 Å². The number of aromatic nitrogens is 3. The van der Waals surface area contributed by atoms with Gasteiger partial charge in [-0.05, 0) is 5.92 Å². The molecule has 0 bridgehead atoms. The molecule has 1 aliphatic heterocycles. The molecule has 1 atom stereocenters. The van der Waals surface area contributed by atoms with Gasteiger partial charge in [-0.2, -0.15) is 5.10 Å². The Kier molecular flexibility index (Phi) is 9.52. The molecule has 2 rings (SSSR count). The normalized spacial score (nSPS) is 17.2. The highest BCUT2D eigenvalue weighted by atomic mass is 127. The Bertz CT molecular complexity index is 502. The van der Waals surface area contributed by atoms with Crippen molar-refractivity contribution in [2.45, 2.75) is 13.5 Å². The Hall–Kier alpha value is -0.940. The average molecular weight is 451 g/mol. The van der Waals surface area contributed by atoms with E-state index in [-0.39, 0.29) is 24.0 Å². The summed E-state index contributed by atoms with van der Waals surface area (Å²) in [6.07, 6.45) is 1.57. The third kappa shape index (κ3) is 6.52. The molecule has 1 aliphatic rings. The SMILES string of the molecule is CN=C(NCC(C)CN1CCOCC1)N(C)Cc1ncnn1C.I. The van der Waals surface area contributed by atoms with Crippen molar-refractivity contribution in [2.24, 2.45) is 18.0 Å². The third-order valence-corrected chi connectivity index (χ3v) is 4.04. The van der Waals surface area contributed by atoms with Gasteiger partial charge in [0.1, 0.15) is 12.2 Å². The van der Waals surface area contributed by atoms with E-state index in [0.29, 0.717) is 12.5 Å². The highest BCUT2D eigenvalue weighted by Gasteiger charge is 2.15.